The molecule has 0 saturated heterocycles. The zero-order valence-corrected chi connectivity index (χ0v) is 19.6. The molecule has 0 N–H and O–H groups in total. The molecule has 0 fully saturated rings. The highest BCUT2D eigenvalue weighted by molar-refractivity contribution is 7.22. The topological polar surface area (TPSA) is 54.9 Å². The number of hydrogen-bond donors (Lipinski definition) is 0. The number of rotatable bonds is 11. The predicted molar refractivity (Wildman–Crippen MR) is 128 cm³/mol. The Balaban J connectivity index is 1.80. The van der Waals surface area contributed by atoms with Crippen LogP contribution in [-0.4, -0.2) is 55.2 Å². The Bertz CT molecular complexity index is 983. The monoisotopic (exact) mass is 441 g/mol. The van der Waals surface area contributed by atoms with Crippen molar-refractivity contribution in [1.82, 2.24) is 9.88 Å². The molecule has 0 spiro atoms. The zero-order chi connectivity index (χ0) is 22.2. The maximum atomic E-state index is 13.1. The number of benzene rings is 2. The van der Waals surface area contributed by atoms with Crippen molar-refractivity contribution in [2.75, 3.05) is 44.3 Å². The summed E-state index contributed by atoms with van der Waals surface area (Å²) in [6.07, 6.45) is 0. The lowest BCUT2D eigenvalue weighted by Gasteiger charge is -2.24. The van der Waals surface area contributed by atoms with Gasteiger partial charge in [-0.05, 0) is 57.3 Å². The van der Waals surface area contributed by atoms with E-state index in [0.29, 0.717) is 24.0 Å². The van der Waals surface area contributed by atoms with E-state index in [2.05, 4.69) is 18.7 Å². The largest absolute Gasteiger partial charge is 0.494 e. The van der Waals surface area contributed by atoms with Gasteiger partial charge in [0.1, 0.15) is 11.5 Å². The highest BCUT2D eigenvalue weighted by Crippen LogP contribution is 2.31. The minimum Gasteiger partial charge on any atom is -0.494 e. The number of aryl methyl sites for hydroxylation is 1. The number of aromatic nitrogens is 1. The number of hydrogen-bond acceptors (Lipinski definition) is 6. The van der Waals surface area contributed by atoms with E-state index in [1.807, 2.05) is 56.3 Å². The summed E-state index contributed by atoms with van der Waals surface area (Å²) in [5.41, 5.74) is 2.02. The van der Waals surface area contributed by atoms with Crippen LogP contribution in [0.4, 0.5) is 5.13 Å². The van der Waals surface area contributed by atoms with Gasteiger partial charge in [0.15, 0.2) is 11.7 Å². The molecule has 0 saturated carbocycles. The quantitative estimate of drug-likeness (QED) is 0.430. The summed E-state index contributed by atoms with van der Waals surface area (Å²) in [5.74, 6) is 1.40. The zero-order valence-electron chi connectivity index (χ0n) is 18.8. The van der Waals surface area contributed by atoms with Gasteiger partial charge in [-0.3, -0.25) is 9.69 Å². The molecule has 1 heterocycles. The SMILES string of the molecule is CCOc1ccc2nc(N(CCN(CC)CC)C(=O)COc3ccc(C)cc3)sc2c1. The van der Waals surface area contributed by atoms with Gasteiger partial charge in [-0.1, -0.05) is 42.9 Å². The van der Waals surface area contributed by atoms with Crippen molar-refractivity contribution in [1.29, 1.82) is 0 Å². The average molecular weight is 442 g/mol. The Morgan fingerprint density at radius 3 is 2.35 bits per heavy atom. The van der Waals surface area contributed by atoms with Gasteiger partial charge in [-0.15, -0.1) is 0 Å². The summed E-state index contributed by atoms with van der Waals surface area (Å²) in [5, 5.41) is 0.688. The number of likely N-dealkylation sites (N-methyl/N-ethyl adjacent to an activating group) is 1. The number of carbonyl (C=O) groups is 1. The molecule has 2 aromatic carbocycles. The Kier molecular flexibility index (Phi) is 8.26. The molecule has 0 aliphatic heterocycles. The Morgan fingerprint density at radius 1 is 0.968 bits per heavy atom. The lowest BCUT2D eigenvalue weighted by atomic mass is 10.2. The minimum absolute atomic E-state index is 0.0264. The molecule has 0 aliphatic rings. The van der Waals surface area contributed by atoms with Gasteiger partial charge in [0.25, 0.3) is 5.91 Å². The van der Waals surface area contributed by atoms with Crippen LogP contribution in [0.15, 0.2) is 42.5 Å². The van der Waals surface area contributed by atoms with E-state index in [9.17, 15) is 4.79 Å². The Hall–Kier alpha value is -2.64. The molecule has 0 unspecified atom stereocenters. The second kappa shape index (κ2) is 11.1. The highest BCUT2D eigenvalue weighted by atomic mass is 32.1. The fraction of sp³-hybridized carbons (Fsp3) is 0.417. The first kappa shape index (κ1) is 23.0. The number of ether oxygens (including phenoxy) is 2. The van der Waals surface area contributed by atoms with E-state index in [0.717, 1.165) is 41.2 Å². The van der Waals surface area contributed by atoms with Crippen molar-refractivity contribution < 1.29 is 14.3 Å². The first-order valence-electron chi connectivity index (χ1n) is 10.8. The molecule has 3 rings (SSSR count). The van der Waals surface area contributed by atoms with Crippen LogP contribution in [0.3, 0.4) is 0 Å². The maximum absolute atomic E-state index is 13.1. The molecule has 166 valence electrons. The van der Waals surface area contributed by atoms with E-state index in [1.165, 1.54) is 11.3 Å². The molecule has 0 aliphatic carbocycles. The summed E-state index contributed by atoms with van der Waals surface area (Å²) in [4.78, 5) is 21.9. The van der Waals surface area contributed by atoms with E-state index in [-0.39, 0.29) is 12.5 Å². The predicted octanol–water partition coefficient (Wildman–Crippen LogP) is 4.76. The summed E-state index contributed by atoms with van der Waals surface area (Å²) in [6, 6.07) is 13.6. The first-order chi connectivity index (χ1) is 15.0. The summed E-state index contributed by atoms with van der Waals surface area (Å²) < 4.78 is 12.4. The lowest BCUT2D eigenvalue weighted by molar-refractivity contribution is -0.120. The number of nitrogens with zero attached hydrogens (tertiary/aromatic N) is 3. The standard InChI is InChI=1S/C24H31N3O3S/c1-5-26(6-2)14-15-27(23(28)17-30-19-10-8-18(4)9-11-19)24-25-21-13-12-20(29-7-3)16-22(21)31-24/h8-13,16H,5-7,14-15,17H2,1-4H3. The van der Waals surface area contributed by atoms with Gasteiger partial charge in [0, 0.05) is 13.1 Å². The third-order valence-electron chi connectivity index (χ3n) is 5.11. The van der Waals surface area contributed by atoms with Gasteiger partial charge in [0.05, 0.1) is 16.8 Å². The average Bonchev–Trinajstić information content (AvgIpc) is 3.19. The third-order valence-corrected chi connectivity index (χ3v) is 6.15. The van der Waals surface area contributed by atoms with Crippen LogP contribution in [0.1, 0.15) is 26.3 Å². The van der Waals surface area contributed by atoms with Crippen LogP contribution < -0.4 is 14.4 Å². The van der Waals surface area contributed by atoms with Crippen molar-refractivity contribution in [3.8, 4) is 11.5 Å². The molecule has 1 aromatic heterocycles. The lowest BCUT2D eigenvalue weighted by Crippen LogP contribution is -2.41. The van der Waals surface area contributed by atoms with Gasteiger partial charge in [0.2, 0.25) is 0 Å². The first-order valence-corrected chi connectivity index (χ1v) is 11.6. The highest BCUT2D eigenvalue weighted by Gasteiger charge is 2.21. The van der Waals surface area contributed by atoms with Gasteiger partial charge >= 0.3 is 0 Å². The van der Waals surface area contributed by atoms with Crippen LogP contribution in [0.5, 0.6) is 11.5 Å². The number of thiazole rings is 1. The Labute approximate surface area is 188 Å². The van der Waals surface area contributed by atoms with Crippen molar-refractivity contribution in [2.45, 2.75) is 27.7 Å². The van der Waals surface area contributed by atoms with Crippen molar-refractivity contribution in [2.24, 2.45) is 0 Å². The van der Waals surface area contributed by atoms with Crippen molar-refractivity contribution in [3.05, 3.63) is 48.0 Å². The Morgan fingerprint density at radius 2 is 1.68 bits per heavy atom. The summed E-state index contributed by atoms with van der Waals surface area (Å²) in [6.45, 7) is 12.1. The number of amides is 1. The summed E-state index contributed by atoms with van der Waals surface area (Å²) in [7, 11) is 0. The van der Waals surface area contributed by atoms with E-state index in [4.69, 9.17) is 14.5 Å². The van der Waals surface area contributed by atoms with Crippen LogP contribution in [0.25, 0.3) is 10.2 Å². The van der Waals surface area contributed by atoms with Crippen LogP contribution >= 0.6 is 11.3 Å². The normalized spacial score (nSPS) is 11.1. The van der Waals surface area contributed by atoms with E-state index < -0.39 is 0 Å². The van der Waals surface area contributed by atoms with Gasteiger partial charge in [-0.25, -0.2) is 4.98 Å². The molecule has 0 radical (unpaired) electrons. The smallest absolute Gasteiger partial charge is 0.266 e. The molecule has 31 heavy (non-hydrogen) atoms. The second-order valence-corrected chi connectivity index (χ2v) is 8.24. The molecule has 6 nitrogen and oxygen atoms in total. The third kappa shape index (κ3) is 6.18. The second-order valence-electron chi connectivity index (χ2n) is 7.23. The molecule has 0 atom stereocenters. The molecular weight excluding hydrogens is 410 g/mol. The number of carbonyl (C=O) groups excluding carboxylic acids is 1. The molecule has 1 amide bonds. The van der Waals surface area contributed by atoms with E-state index >= 15 is 0 Å². The molecule has 3 aromatic rings. The maximum Gasteiger partial charge on any atom is 0.266 e. The molecule has 7 heteroatoms. The minimum atomic E-state index is -0.100. The summed E-state index contributed by atoms with van der Waals surface area (Å²) >= 11 is 1.50. The van der Waals surface area contributed by atoms with Crippen molar-refractivity contribution >= 4 is 32.6 Å². The van der Waals surface area contributed by atoms with Gasteiger partial charge in [-0.2, -0.15) is 0 Å². The van der Waals surface area contributed by atoms with Crippen LogP contribution in [0.2, 0.25) is 0 Å². The fourth-order valence-electron chi connectivity index (χ4n) is 3.23. The molecular formula is C24H31N3O3S. The van der Waals surface area contributed by atoms with Crippen molar-refractivity contribution in [3.63, 3.8) is 0 Å². The van der Waals surface area contributed by atoms with Gasteiger partial charge < -0.3 is 14.4 Å². The number of fused-ring (bicyclic) bond motifs is 1. The fourth-order valence-corrected chi connectivity index (χ4v) is 4.27. The van der Waals surface area contributed by atoms with Crippen LogP contribution in [0, 0.1) is 6.92 Å². The van der Waals surface area contributed by atoms with E-state index in [1.54, 1.807) is 4.90 Å². The molecule has 0 bridgehead atoms. The number of anilines is 1. The van der Waals surface area contributed by atoms with Crippen LogP contribution in [-0.2, 0) is 4.79 Å².